The zero-order valence-corrected chi connectivity index (χ0v) is 19.9. The fraction of sp³-hybridized carbons (Fsp3) is 0.375. The summed E-state index contributed by atoms with van der Waals surface area (Å²) in [6, 6.07) is 7.53. The number of hydrogen-bond donors (Lipinski definition) is 1. The monoisotopic (exact) mass is 454 g/mol. The van der Waals surface area contributed by atoms with Gasteiger partial charge in [0.05, 0.1) is 23.7 Å². The Hall–Kier alpha value is -2.84. The smallest absolute Gasteiger partial charge is 0.338 e. The summed E-state index contributed by atoms with van der Waals surface area (Å²) < 4.78 is 5.41. The van der Waals surface area contributed by atoms with Crippen LogP contribution in [0.2, 0.25) is 0 Å². The van der Waals surface area contributed by atoms with Crippen LogP contribution in [0.15, 0.2) is 64.3 Å². The number of carbonyl (C=O) groups excluding carboxylic acids is 2. The van der Waals surface area contributed by atoms with E-state index in [-0.39, 0.29) is 18.9 Å². The average molecular weight is 455 g/mol. The van der Waals surface area contributed by atoms with Crippen LogP contribution >= 0.6 is 11.8 Å². The molecule has 0 aromatic heterocycles. The van der Waals surface area contributed by atoms with E-state index in [0.29, 0.717) is 17.8 Å². The number of hydrogen-bond acceptors (Lipinski definition) is 7. The first-order valence-electron chi connectivity index (χ1n) is 10.5. The van der Waals surface area contributed by atoms with Crippen molar-refractivity contribution < 1.29 is 14.3 Å². The second kappa shape index (κ2) is 10.7. The number of aliphatic imine (C=N–C) groups is 1. The number of fused-ring (bicyclic) bond motifs is 1. The van der Waals surface area contributed by atoms with Crippen LogP contribution in [0.1, 0.15) is 30.5 Å². The molecule has 1 N–H and O–H groups in total. The number of benzene rings is 1. The number of amides is 1. The largest absolute Gasteiger partial charge is 0.458 e. The van der Waals surface area contributed by atoms with Gasteiger partial charge in [0, 0.05) is 18.8 Å². The number of aryl methyl sites for hydroxylation is 1. The number of nitrogens with zero attached hydrogens (tertiary/aromatic N) is 3. The number of nitrogens with one attached hydrogen (secondary N) is 1. The molecule has 0 fully saturated rings. The summed E-state index contributed by atoms with van der Waals surface area (Å²) >= 11 is 1.47. The molecule has 1 atom stereocenters. The third-order valence-corrected chi connectivity index (χ3v) is 6.15. The molecule has 0 bridgehead atoms. The van der Waals surface area contributed by atoms with Gasteiger partial charge in [0.1, 0.15) is 6.61 Å². The first-order valence-corrected chi connectivity index (χ1v) is 11.4. The lowest BCUT2D eigenvalue weighted by atomic mass is 9.91. The highest BCUT2D eigenvalue weighted by atomic mass is 32.2. The van der Waals surface area contributed by atoms with Crippen molar-refractivity contribution in [1.82, 2.24) is 15.1 Å². The minimum absolute atomic E-state index is 0.0643. The van der Waals surface area contributed by atoms with E-state index in [0.717, 1.165) is 28.5 Å². The van der Waals surface area contributed by atoms with E-state index in [1.807, 2.05) is 67.4 Å². The third-order valence-electron chi connectivity index (χ3n) is 5.26. The van der Waals surface area contributed by atoms with Crippen molar-refractivity contribution >= 4 is 28.8 Å². The van der Waals surface area contributed by atoms with E-state index in [4.69, 9.17) is 4.74 Å². The van der Waals surface area contributed by atoms with Crippen molar-refractivity contribution in [2.24, 2.45) is 4.99 Å². The summed E-state index contributed by atoms with van der Waals surface area (Å²) in [5, 5.41) is 5.66. The highest BCUT2D eigenvalue weighted by molar-refractivity contribution is 8.16. The Kier molecular flexibility index (Phi) is 7.93. The number of thioether (sulfide) groups is 1. The molecule has 1 aromatic rings. The van der Waals surface area contributed by atoms with Crippen LogP contribution in [0.3, 0.4) is 0 Å². The van der Waals surface area contributed by atoms with E-state index in [1.54, 1.807) is 6.08 Å². The Labute approximate surface area is 193 Å². The quantitative estimate of drug-likeness (QED) is 0.456. The third kappa shape index (κ3) is 5.31. The number of allylic oxidation sites excluding steroid dienone is 1. The number of carbonyl (C=O) groups is 2. The summed E-state index contributed by atoms with van der Waals surface area (Å²) in [5.41, 5.74) is 3.94. The van der Waals surface area contributed by atoms with Gasteiger partial charge < -0.3 is 19.9 Å². The minimum Gasteiger partial charge on any atom is -0.458 e. The molecule has 0 aliphatic carbocycles. The Morgan fingerprint density at radius 2 is 2.06 bits per heavy atom. The maximum Gasteiger partial charge on any atom is 0.338 e. The van der Waals surface area contributed by atoms with Crippen LogP contribution in [0.25, 0.3) is 0 Å². The molecule has 32 heavy (non-hydrogen) atoms. The van der Waals surface area contributed by atoms with Crippen LogP contribution < -0.4 is 5.32 Å². The number of ether oxygens (including phenoxy) is 1. The molecule has 0 saturated heterocycles. The van der Waals surface area contributed by atoms with Crippen molar-refractivity contribution in [3.05, 3.63) is 70.4 Å². The first kappa shape index (κ1) is 23.8. The number of likely N-dealkylation sites (N-methyl/N-ethyl adjacent to an activating group) is 1. The SMILES string of the molecule is C=CCOC(=O)C1=C(C)N=C2SC=C(CC(=O)NCCN(C)C)N2C1c1ccccc1C. The fourth-order valence-electron chi connectivity index (χ4n) is 3.68. The van der Waals surface area contributed by atoms with E-state index >= 15 is 0 Å². The number of amidine groups is 1. The van der Waals surface area contributed by atoms with Crippen molar-refractivity contribution in [3.63, 3.8) is 0 Å². The molecular weight excluding hydrogens is 424 g/mol. The molecule has 3 rings (SSSR count). The van der Waals surface area contributed by atoms with Gasteiger partial charge in [-0.25, -0.2) is 9.79 Å². The van der Waals surface area contributed by atoms with Gasteiger partial charge in [-0.2, -0.15) is 0 Å². The lowest BCUT2D eigenvalue weighted by molar-refractivity contribution is -0.138. The maximum absolute atomic E-state index is 13.1. The highest BCUT2D eigenvalue weighted by Gasteiger charge is 2.41. The van der Waals surface area contributed by atoms with E-state index in [2.05, 4.69) is 16.9 Å². The van der Waals surface area contributed by atoms with Gasteiger partial charge in [0.2, 0.25) is 5.91 Å². The number of esters is 1. The Bertz CT molecular complexity index is 997. The van der Waals surface area contributed by atoms with Crippen molar-refractivity contribution in [2.75, 3.05) is 33.8 Å². The van der Waals surface area contributed by atoms with Crippen LogP contribution in [0, 0.1) is 6.92 Å². The Balaban J connectivity index is 1.94. The molecule has 2 aliphatic rings. The average Bonchev–Trinajstić information content (AvgIpc) is 3.13. The second-order valence-electron chi connectivity index (χ2n) is 7.97. The zero-order valence-electron chi connectivity index (χ0n) is 19.1. The summed E-state index contributed by atoms with van der Waals surface area (Å²) in [6.07, 6.45) is 1.75. The van der Waals surface area contributed by atoms with Crippen molar-refractivity contribution in [2.45, 2.75) is 26.3 Å². The second-order valence-corrected chi connectivity index (χ2v) is 8.80. The summed E-state index contributed by atoms with van der Waals surface area (Å²) in [4.78, 5) is 34.4. The standard InChI is InChI=1S/C24H30N4O3S/c1-6-13-31-23(30)21-17(3)26-24-28(22(21)19-10-8-7-9-16(19)2)18(15-32-24)14-20(29)25-11-12-27(4)5/h6-10,15,22H,1,11-14H2,2-5H3,(H,25,29). The van der Waals surface area contributed by atoms with Crippen LogP contribution in [-0.4, -0.2) is 60.6 Å². The van der Waals surface area contributed by atoms with E-state index in [9.17, 15) is 9.59 Å². The van der Waals surface area contributed by atoms with Gasteiger partial charge in [-0.1, -0.05) is 48.7 Å². The molecule has 7 nitrogen and oxygen atoms in total. The summed E-state index contributed by atoms with van der Waals surface area (Å²) in [5.74, 6) is -0.490. The topological polar surface area (TPSA) is 74.2 Å². The highest BCUT2D eigenvalue weighted by Crippen LogP contribution is 2.45. The minimum atomic E-state index is -0.426. The lowest BCUT2D eigenvalue weighted by Gasteiger charge is -2.37. The number of rotatable bonds is 9. The first-order chi connectivity index (χ1) is 15.3. The molecule has 0 radical (unpaired) electrons. The predicted octanol–water partition coefficient (Wildman–Crippen LogP) is 3.37. The van der Waals surface area contributed by atoms with Gasteiger partial charge in [0.15, 0.2) is 5.17 Å². The molecule has 170 valence electrons. The molecule has 1 unspecified atom stereocenters. The van der Waals surface area contributed by atoms with Gasteiger partial charge in [0.25, 0.3) is 0 Å². The summed E-state index contributed by atoms with van der Waals surface area (Å²) in [7, 11) is 3.93. The van der Waals surface area contributed by atoms with E-state index < -0.39 is 12.0 Å². The van der Waals surface area contributed by atoms with Gasteiger partial charge >= 0.3 is 5.97 Å². The molecule has 1 aromatic carbocycles. The normalized spacial score (nSPS) is 17.7. The molecular formula is C24H30N4O3S. The summed E-state index contributed by atoms with van der Waals surface area (Å²) in [6.45, 7) is 8.94. The Morgan fingerprint density at radius 3 is 2.75 bits per heavy atom. The molecule has 2 aliphatic heterocycles. The van der Waals surface area contributed by atoms with Gasteiger partial charge in [-0.15, -0.1) is 0 Å². The Morgan fingerprint density at radius 1 is 1.31 bits per heavy atom. The van der Waals surface area contributed by atoms with Gasteiger partial charge in [-0.3, -0.25) is 4.79 Å². The molecule has 0 spiro atoms. The lowest BCUT2D eigenvalue weighted by Crippen LogP contribution is -2.39. The van der Waals surface area contributed by atoms with Gasteiger partial charge in [-0.05, 0) is 44.5 Å². The molecule has 1 amide bonds. The van der Waals surface area contributed by atoms with Crippen molar-refractivity contribution in [3.8, 4) is 0 Å². The van der Waals surface area contributed by atoms with Crippen LogP contribution in [0.4, 0.5) is 0 Å². The predicted molar refractivity (Wildman–Crippen MR) is 129 cm³/mol. The fourth-order valence-corrected chi connectivity index (χ4v) is 4.64. The van der Waals surface area contributed by atoms with Crippen LogP contribution in [-0.2, 0) is 14.3 Å². The van der Waals surface area contributed by atoms with E-state index in [1.165, 1.54) is 11.8 Å². The maximum atomic E-state index is 13.1. The van der Waals surface area contributed by atoms with Crippen molar-refractivity contribution in [1.29, 1.82) is 0 Å². The van der Waals surface area contributed by atoms with Crippen LogP contribution in [0.5, 0.6) is 0 Å². The molecule has 8 heteroatoms. The zero-order chi connectivity index (χ0) is 23.3. The molecule has 0 saturated carbocycles. The molecule has 2 heterocycles.